The number of hydrogen-bond donors (Lipinski definition) is 3. The van der Waals surface area contributed by atoms with Crippen molar-refractivity contribution in [1.29, 1.82) is 0 Å². The molecule has 2 aliphatic carbocycles. The van der Waals surface area contributed by atoms with Gasteiger partial charge in [0, 0.05) is 12.6 Å². The highest BCUT2D eigenvalue weighted by atomic mass is 16.3. The van der Waals surface area contributed by atoms with Crippen molar-refractivity contribution in [2.45, 2.75) is 50.7 Å². The summed E-state index contributed by atoms with van der Waals surface area (Å²) in [5.41, 5.74) is 5.75. The summed E-state index contributed by atoms with van der Waals surface area (Å²) in [6.45, 7) is 1.80. The van der Waals surface area contributed by atoms with Crippen LogP contribution in [0.2, 0.25) is 0 Å². The van der Waals surface area contributed by atoms with Crippen molar-refractivity contribution in [3.63, 3.8) is 0 Å². The van der Waals surface area contributed by atoms with Gasteiger partial charge in [0.1, 0.15) is 0 Å². The first-order chi connectivity index (χ1) is 7.31. The number of nitrogens with two attached hydrogens (primary N) is 1. The zero-order valence-corrected chi connectivity index (χ0v) is 9.49. The Hall–Kier alpha value is -0.120. The Kier molecular flexibility index (Phi) is 4.00. The van der Waals surface area contributed by atoms with E-state index in [9.17, 15) is 5.11 Å². The van der Waals surface area contributed by atoms with Crippen molar-refractivity contribution in [3.05, 3.63) is 0 Å². The number of aliphatic hydroxyl groups is 1. The molecule has 0 spiro atoms. The zero-order chi connectivity index (χ0) is 10.7. The quantitative estimate of drug-likeness (QED) is 0.648. The molecular formula is C12H24N2O. The maximum Gasteiger partial charge on any atom is 0.0580 e. The molecule has 0 radical (unpaired) electrons. The van der Waals surface area contributed by atoms with Crippen molar-refractivity contribution in [1.82, 2.24) is 5.32 Å². The van der Waals surface area contributed by atoms with E-state index in [2.05, 4.69) is 5.32 Å². The van der Waals surface area contributed by atoms with Gasteiger partial charge in [0.2, 0.25) is 0 Å². The van der Waals surface area contributed by atoms with E-state index in [4.69, 9.17) is 5.73 Å². The molecule has 0 aliphatic heterocycles. The second kappa shape index (κ2) is 5.28. The summed E-state index contributed by atoms with van der Waals surface area (Å²) in [5, 5.41) is 13.3. The lowest BCUT2D eigenvalue weighted by atomic mass is 10.0. The minimum Gasteiger partial charge on any atom is -0.393 e. The van der Waals surface area contributed by atoms with Crippen LogP contribution in [0.25, 0.3) is 0 Å². The van der Waals surface area contributed by atoms with E-state index in [0.717, 1.165) is 19.5 Å². The van der Waals surface area contributed by atoms with Crippen LogP contribution in [-0.4, -0.2) is 30.3 Å². The maximum atomic E-state index is 9.72. The molecule has 0 heterocycles. The van der Waals surface area contributed by atoms with Crippen LogP contribution in [0, 0.1) is 11.8 Å². The highest BCUT2D eigenvalue weighted by Gasteiger charge is 2.29. The van der Waals surface area contributed by atoms with Crippen LogP contribution >= 0.6 is 0 Å². The van der Waals surface area contributed by atoms with Crippen LogP contribution in [0.1, 0.15) is 38.5 Å². The standard InChI is InChI=1S/C12H24N2O/c13-7-9-3-1-5-11(9)14-8-10-4-2-6-12(10)15/h9-12,14-15H,1-8,13H2. The molecule has 15 heavy (non-hydrogen) atoms. The van der Waals surface area contributed by atoms with E-state index >= 15 is 0 Å². The monoisotopic (exact) mass is 212 g/mol. The third-order valence-electron chi connectivity index (χ3n) is 4.22. The van der Waals surface area contributed by atoms with Crippen molar-refractivity contribution in [2.24, 2.45) is 17.6 Å². The van der Waals surface area contributed by atoms with Crippen molar-refractivity contribution in [3.8, 4) is 0 Å². The average molecular weight is 212 g/mol. The number of hydrogen-bond acceptors (Lipinski definition) is 3. The van der Waals surface area contributed by atoms with Crippen molar-refractivity contribution in [2.75, 3.05) is 13.1 Å². The van der Waals surface area contributed by atoms with Gasteiger partial charge in [-0.25, -0.2) is 0 Å². The third-order valence-corrected chi connectivity index (χ3v) is 4.22. The summed E-state index contributed by atoms with van der Waals surface area (Å²) in [5.74, 6) is 1.16. The summed E-state index contributed by atoms with van der Waals surface area (Å²) in [4.78, 5) is 0. The van der Waals surface area contributed by atoms with Gasteiger partial charge < -0.3 is 16.2 Å². The second-order valence-corrected chi connectivity index (χ2v) is 5.20. The Labute approximate surface area is 92.4 Å². The Balaban J connectivity index is 1.72. The Morgan fingerprint density at radius 2 is 1.80 bits per heavy atom. The lowest BCUT2D eigenvalue weighted by molar-refractivity contribution is 0.128. The molecule has 2 rings (SSSR count). The summed E-state index contributed by atoms with van der Waals surface area (Å²) in [7, 11) is 0. The number of nitrogens with one attached hydrogen (secondary N) is 1. The van der Waals surface area contributed by atoms with E-state index < -0.39 is 0 Å². The van der Waals surface area contributed by atoms with E-state index in [-0.39, 0.29) is 6.10 Å². The average Bonchev–Trinajstić information content (AvgIpc) is 2.83. The topological polar surface area (TPSA) is 58.3 Å². The lowest BCUT2D eigenvalue weighted by Gasteiger charge is -2.23. The molecule has 0 aromatic heterocycles. The largest absolute Gasteiger partial charge is 0.393 e. The molecule has 4 N–H and O–H groups in total. The van der Waals surface area contributed by atoms with Gasteiger partial charge >= 0.3 is 0 Å². The van der Waals surface area contributed by atoms with Gasteiger partial charge in [0.25, 0.3) is 0 Å². The van der Waals surface area contributed by atoms with Gasteiger partial charge in [-0.1, -0.05) is 12.8 Å². The Morgan fingerprint density at radius 3 is 2.47 bits per heavy atom. The lowest BCUT2D eigenvalue weighted by Crippen LogP contribution is -2.40. The summed E-state index contributed by atoms with van der Waals surface area (Å²) in [6.07, 6.45) is 7.18. The van der Waals surface area contributed by atoms with Crippen molar-refractivity contribution < 1.29 is 5.11 Å². The second-order valence-electron chi connectivity index (χ2n) is 5.20. The van der Waals surface area contributed by atoms with Crippen LogP contribution in [0.4, 0.5) is 0 Å². The molecule has 3 nitrogen and oxygen atoms in total. The van der Waals surface area contributed by atoms with Gasteiger partial charge in [-0.2, -0.15) is 0 Å². The predicted molar refractivity (Wildman–Crippen MR) is 61.5 cm³/mol. The smallest absolute Gasteiger partial charge is 0.0580 e. The molecule has 2 saturated carbocycles. The highest BCUT2D eigenvalue weighted by Crippen LogP contribution is 2.27. The summed E-state index contributed by atoms with van der Waals surface area (Å²) < 4.78 is 0. The first-order valence-electron chi connectivity index (χ1n) is 6.42. The Bertz CT molecular complexity index is 198. The van der Waals surface area contributed by atoms with Gasteiger partial charge in [0.05, 0.1) is 6.10 Å². The fourth-order valence-electron chi connectivity index (χ4n) is 3.15. The van der Waals surface area contributed by atoms with Gasteiger partial charge in [-0.3, -0.25) is 0 Å². The maximum absolute atomic E-state index is 9.72. The van der Waals surface area contributed by atoms with Crippen LogP contribution in [-0.2, 0) is 0 Å². The van der Waals surface area contributed by atoms with Crippen LogP contribution in [0.3, 0.4) is 0 Å². The third kappa shape index (κ3) is 2.71. The summed E-state index contributed by atoms with van der Waals surface area (Å²) >= 11 is 0. The van der Waals surface area contributed by atoms with E-state index in [1.807, 2.05) is 0 Å². The predicted octanol–water partition coefficient (Wildman–Crippen LogP) is 0.864. The van der Waals surface area contributed by atoms with Crippen LogP contribution in [0.15, 0.2) is 0 Å². The minimum atomic E-state index is -0.0600. The van der Waals surface area contributed by atoms with Gasteiger partial charge in [0.15, 0.2) is 0 Å². The van der Waals surface area contributed by atoms with E-state index in [1.165, 1.54) is 32.1 Å². The Morgan fingerprint density at radius 1 is 1.07 bits per heavy atom. The normalized spacial score (nSPS) is 41.2. The molecule has 0 saturated heterocycles. The molecular weight excluding hydrogens is 188 g/mol. The molecule has 0 aromatic rings. The fraction of sp³-hybridized carbons (Fsp3) is 1.00. The molecule has 3 heteroatoms. The molecule has 4 unspecified atom stereocenters. The molecule has 0 aromatic carbocycles. The SMILES string of the molecule is NCC1CCCC1NCC1CCCC1O. The fourth-order valence-corrected chi connectivity index (χ4v) is 3.15. The molecule has 2 fully saturated rings. The number of rotatable bonds is 4. The van der Waals surface area contributed by atoms with Crippen LogP contribution in [0.5, 0.6) is 0 Å². The highest BCUT2D eigenvalue weighted by molar-refractivity contribution is 4.86. The first-order valence-corrected chi connectivity index (χ1v) is 6.42. The van der Waals surface area contributed by atoms with Gasteiger partial charge in [-0.05, 0) is 44.1 Å². The van der Waals surface area contributed by atoms with Gasteiger partial charge in [-0.15, -0.1) is 0 Å². The van der Waals surface area contributed by atoms with E-state index in [1.54, 1.807) is 0 Å². The van der Waals surface area contributed by atoms with Crippen molar-refractivity contribution >= 4 is 0 Å². The molecule has 2 aliphatic rings. The first kappa shape index (κ1) is 11.4. The van der Waals surface area contributed by atoms with Crippen LogP contribution < -0.4 is 11.1 Å². The summed E-state index contributed by atoms with van der Waals surface area (Å²) in [6, 6.07) is 0.614. The van der Waals surface area contributed by atoms with E-state index in [0.29, 0.717) is 17.9 Å². The number of aliphatic hydroxyl groups excluding tert-OH is 1. The molecule has 4 atom stereocenters. The molecule has 0 bridgehead atoms. The molecule has 88 valence electrons. The minimum absolute atomic E-state index is 0.0600. The molecule has 0 amide bonds. The zero-order valence-electron chi connectivity index (χ0n) is 9.49.